The highest BCUT2D eigenvalue weighted by atomic mass is 19.1. The maximum atomic E-state index is 14.3. The van der Waals surface area contributed by atoms with E-state index in [1.165, 1.54) is 12.6 Å². The SMILES string of the molecule is C=Cc1ccc(Nc2ncc3c(Nc4c(F)cc(F)cc4F)nn(C4CCOCC4)c3n2)cc1NC.CCC. The average molecular weight is 540 g/mol. The molecule has 0 unspecified atom stereocenters. The molecule has 11 heteroatoms. The summed E-state index contributed by atoms with van der Waals surface area (Å²) in [7, 11) is 1.82. The zero-order chi connectivity index (χ0) is 27.9. The first-order chi connectivity index (χ1) is 18.9. The Hall–Kier alpha value is -4.12. The summed E-state index contributed by atoms with van der Waals surface area (Å²) in [6.07, 6.45) is 5.95. The number of nitrogens with one attached hydrogen (secondary N) is 3. The normalized spacial score (nSPS) is 13.5. The number of nitrogens with zero attached hydrogens (tertiary/aromatic N) is 4. The summed E-state index contributed by atoms with van der Waals surface area (Å²) in [6.45, 7) is 9.19. The fourth-order valence-electron chi connectivity index (χ4n) is 4.20. The van der Waals surface area contributed by atoms with Crippen LogP contribution < -0.4 is 16.0 Å². The van der Waals surface area contributed by atoms with Crippen molar-refractivity contribution in [3.8, 4) is 0 Å². The van der Waals surface area contributed by atoms with E-state index in [0.29, 0.717) is 55.2 Å². The van der Waals surface area contributed by atoms with E-state index in [0.717, 1.165) is 16.9 Å². The Morgan fingerprint density at radius 1 is 1.08 bits per heavy atom. The monoisotopic (exact) mass is 539 g/mol. The summed E-state index contributed by atoms with van der Waals surface area (Å²) in [5, 5.41) is 14.0. The molecule has 0 atom stereocenters. The zero-order valence-electron chi connectivity index (χ0n) is 22.2. The van der Waals surface area contributed by atoms with Crippen LogP contribution in [0.2, 0.25) is 0 Å². The van der Waals surface area contributed by atoms with Crippen molar-refractivity contribution < 1.29 is 17.9 Å². The lowest BCUT2D eigenvalue weighted by atomic mass is 10.1. The van der Waals surface area contributed by atoms with Crippen molar-refractivity contribution in [2.45, 2.75) is 39.2 Å². The van der Waals surface area contributed by atoms with Crippen LogP contribution in [0.4, 0.5) is 42.0 Å². The number of ether oxygens (including phenoxy) is 1. The number of fused-ring (bicyclic) bond motifs is 1. The van der Waals surface area contributed by atoms with Gasteiger partial charge in [-0.05, 0) is 30.5 Å². The molecule has 3 heterocycles. The largest absolute Gasteiger partial charge is 0.388 e. The van der Waals surface area contributed by atoms with E-state index in [4.69, 9.17) is 4.74 Å². The molecule has 0 aliphatic carbocycles. The smallest absolute Gasteiger partial charge is 0.229 e. The standard InChI is InChI=1S/C25H24F3N7O.C3H8/c1-3-14-4-5-16(12-21(14)29-2)31-25-30-13-18-23(32-22-19(27)10-15(26)11-20(22)28)34-35(24(18)33-25)17-6-8-36-9-7-17;1-3-2/h3-5,10-13,17,29H,1,6-9H2,2H3,(H,32,34)(H,30,31,33);3H2,1-2H3. The van der Waals surface area contributed by atoms with E-state index in [1.807, 2.05) is 25.2 Å². The summed E-state index contributed by atoms with van der Waals surface area (Å²) < 4.78 is 49.3. The highest BCUT2D eigenvalue weighted by Crippen LogP contribution is 2.33. The fourth-order valence-corrected chi connectivity index (χ4v) is 4.20. The second-order valence-corrected chi connectivity index (χ2v) is 9.03. The Labute approximate surface area is 225 Å². The van der Waals surface area contributed by atoms with Crippen LogP contribution in [0.3, 0.4) is 0 Å². The maximum absolute atomic E-state index is 14.3. The molecule has 1 saturated heterocycles. The van der Waals surface area contributed by atoms with Gasteiger partial charge in [0.25, 0.3) is 0 Å². The van der Waals surface area contributed by atoms with Crippen LogP contribution in [0.5, 0.6) is 0 Å². The molecule has 1 aliphatic heterocycles. The van der Waals surface area contributed by atoms with E-state index >= 15 is 0 Å². The minimum absolute atomic E-state index is 0.0229. The average Bonchev–Trinajstić information content (AvgIpc) is 3.29. The molecule has 3 N–H and O–H groups in total. The van der Waals surface area contributed by atoms with Crippen molar-refractivity contribution in [3.63, 3.8) is 0 Å². The van der Waals surface area contributed by atoms with E-state index < -0.39 is 23.1 Å². The second kappa shape index (κ2) is 12.6. The number of anilines is 5. The molecule has 4 aromatic rings. The number of hydrogen-bond acceptors (Lipinski definition) is 7. The third kappa shape index (κ3) is 6.31. The third-order valence-electron chi connectivity index (χ3n) is 6.03. The van der Waals surface area contributed by atoms with E-state index in [1.54, 1.807) is 10.8 Å². The molecule has 206 valence electrons. The van der Waals surface area contributed by atoms with Crippen molar-refractivity contribution in [1.82, 2.24) is 19.7 Å². The first kappa shape index (κ1) is 27.9. The number of benzene rings is 2. The molecule has 2 aromatic carbocycles. The molecule has 2 aromatic heterocycles. The maximum Gasteiger partial charge on any atom is 0.229 e. The highest BCUT2D eigenvalue weighted by Gasteiger charge is 2.24. The zero-order valence-corrected chi connectivity index (χ0v) is 22.2. The minimum atomic E-state index is -1.07. The Morgan fingerprint density at radius 3 is 2.41 bits per heavy atom. The van der Waals surface area contributed by atoms with E-state index in [9.17, 15) is 13.2 Å². The Morgan fingerprint density at radius 2 is 1.77 bits per heavy atom. The van der Waals surface area contributed by atoms with Gasteiger partial charge in [-0.25, -0.2) is 22.8 Å². The van der Waals surface area contributed by atoms with Gasteiger partial charge in [0.1, 0.15) is 11.5 Å². The van der Waals surface area contributed by atoms with Gasteiger partial charge in [-0.15, -0.1) is 0 Å². The first-order valence-corrected chi connectivity index (χ1v) is 12.8. The van der Waals surface area contributed by atoms with Crippen molar-refractivity contribution >= 4 is 45.9 Å². The van der Waals surface area contributed by atoms with Gasteiger partial charge >= 0.3 is 0 Å². The summed E-state index contributed by atoms with van der Waals surface area (Å²) in [5.41, 5.74) is 2.58. The molecule has 39 heavy (non-hydrogen) atoms. The van der Waals surface area contributed by atoms with Crippen molar-refractivity contribution in [2.75, 3.05) is 36.2 Å². The summed E-state index contributed by atoms with van der Waals surface area (Å²) in [6, 6.07) is 6.91. The topological polar surface area (TPSA) is 88.9 Å². The first-order valence-electron chi connectivity index (χ1n) is 12.8. The van der Waals surface area contributed by atoms with Crippen LogP contribution in [0.15, 0.2) is 43.1 Å². The molecule has 0 radical (unpaired) electrons. The summed E-state index contributed by atoms with van der Waals surface area (Å²) in [5.74, 6) is -2.64. The molecule has 1 fully saturated rings. The van der Waals surface area contributed by atoms with Crippen LogP contribution in [0.1, 0.15) is 44.7 Å². The van der Waals surface area contributed by atoms with Gasteiger partial charge in [0, 0.05) is 50.0 Å². The van der Waals surface area contributed by atoms with Gasteiger partial charge < -0.3 is 20.7 Å². The van der Waals surface area contributed by atoms with Crippen LogP contribution in [-0.4, -0.2) is 40.0 Å². The molecule has 0 spiro atoms. The molecule has 0 bridgehead atoms. The number of rotatable bonds is 7. The van der Waals surface area contributed by atoms with Crippen LogP contribution in [-0.2, 0) is 4.74 Å². The van der Waals surface area contributed by atoms with E-state index in [-0.39, 0.29) is 11.9 Å². The molecule has 8 nitrogen and oxygen atoms in total. The molecule has 1 aliphatic rings. The predicted molar refractivity (Wildman–Crippen MR) is 149 cm³/mol. The van der Waals surface area contributed by atoms with Gasteiger partial charge in [0.05, 0.1) is 11.4 Å². The predicted octanol–water partition coefficient (Wildman–Crippen LogP) is 7.18. The molecular formula is C28H32F3N7O. The Kier molecular flexibility index (Phi) is 9.03. The van der Waals surface area contributed by atoms with Gasteiger partial charge in [-0.3, -0.25) is 0 Å². The number of hydrogen-bond donors (Lipinski definition) is 3. The van der Waals surface area contributed by atoms with Crippen LogP contribution in [0, 0.1) is 17.5 Å². The Balaban J connectivity index is 0.00000112. The van der Waals surface area contributed by atoms with Gasteiger partial charge in [0.15, 0.2) is 23.1 Å². The van der Waals surface area contributed by atoms with Gasteiger partial charge in [-0.1, -0.05) is 39.0 Å². The summed E-state index contributed by atoms with van der Waals surface area (Å²) in [4.78, 5) is 9.07. The highest BCUT2D eigenvalue weighted by molar-refractivity contribution is 5.90. The lowest BCUT2D eigenvalue weighted by Crippen LogP contribution is -2.21. The third-order valence-corrected chi connectivity index (χ3v) is 6.03. The quantitative estimate of drug-likeness (QED) is 0.229. The number of aromatic nitrogens is 4. The van der Waals surface area contributed by atoms with Crippen LogP contribution in [0.25, 0.3) is 17.1 Å². The van der Waals surface area contributed by atoms with Gasteiger partial charge in [-0.2, -0.15) is 10.1 Å². The molecular weight excluding hydrogens is 507 g/mol. The number of halogens is 3. The molecule has 5 rings (SSSR count). The Bertz CT molecular complexity index is 1430. The minimum Gasteiger partial charge on any atom is -0.388 e. The molecule has 0 amide bonds. The van der Waals surface area contributed by atoms with Crippen molar-refractivity contribution in [1.29, 1.82) is 0 Å². The second-order valence-electron chi connectivity index (χ2n) is 9.03. The fraction of sp³-hybridized carbons (Fsp3) is 0.321. The molecule has 0 saturated carbocycles. The van der Waals surface area contributed by atoms with Crippen molar-refractivity contribution in [3.05, 3.63) is 66.1 Å². The van der Waals surface area contributed by atoms with Crippen molar-refractivity contribution in [2.24, 2.45) is 0 Å². The van der Waals surface area contributed by atoms with E-state index in [2.05, 4.69) is 51.4 Å². The summed E-state index contributed by atoms with van der Waals surface area (Å²) >= 11 is 0. The van der Waals surface area contributed by atoms with Gasteiger partial charge in [0.2, 0.25) is 5.95 Å². The lowest BCUT2D eigenvalue weighted by Gasteiger charge is -2.22. The lowest BCUT2D eigenvalue weighted by molar-refractivity contribution is 0.0674. The van der Waals surface area contributed by atoms with Crippen LogP contribution >= 0.6 is 0 Å².